The molecule has 2 N–H and O–H groups in total. The second kappa shape index (κ2) is 5.53. The smallest absolute Gasteiger partial charge is 0.276 e. The summed E-state index contributed by atoms with van der Waals surface area (Å²) in [6, 6.07) is 3.76. The number of aromatic amines is 1. The molecule has 1 aliphatic rings. The average Bonchev–Trinajstić information content (AvgIpc) is 3.18. The van der Waals surface area contributed by atoms with E-state index in [1.807, 2.05) is 29.9 Å². The molecule has 3 rings (SSSR count). The highest BCUT2D eigenvalue weighted by Crippen LogP contribution is 2.16. The van der Waals surface area contributed by atoms with Crippen LogP contribution in [0.15, 0.2) is 36.4 Å². The van der Waals surface area contributed by atoms with Crippen molar-refractivity contribution >= 4 is 29.3 Å². The first-order valence-corrected chi connectivity index (χ1v) is 7.07. The maximum absolute atomic E-state index is 12.4. The third-order valence-corrected chi connectivity index (χ3v) is 3.56. The van der Waals surface area contributed by atoms with Gasteiger partial charge in [0.2, 0.25) is 0 Å². The van der Waals surface area contributed by atoms with Gasteiger partial charge in [0, 0.05) is 30.2 Å². The Hall–Kier alpha value is -2.41. The molecule has 0 aromatic carbocycles. The third kappa shape index (κ3) is 2.73. The van der Waals surface area contributed by atoms with Gasteiger partial charge in [0.25, 0.3) is 5.91 Å². The molecule has 1 fully saturated rings. The SMILES string of the molecule is CCn1cc(CN2C(=O)/C(=C\c3ccc[nH]3)NC2=S)cn1. The van der Waals surface area contributed by atoms with Crippen LogP contribution in [-0.4, -0.2) is 30.7 Å². The van der Waals surface area contributed by atoms with E-state index in [0.29, 0.717) is 17.4 Å². The van der Waals surface area contributed by atoms with Gasteiger partial charge in [-0.2, -0.15) is 5.10 Å². The summed E-state index contributed by atoms with van der Waals surface area (Å²) in [5, 5.41) is 7.58. The zero-order valence-corrected chi connectivity index (χ0v) is 12.4. The van der Waals surface area contributed by atoms with Gasteiger partial charge in [0.1, 0.15) is 5.70 Å². The van der Waals surface area contributed by atoms with Gasteiger partial charge in [-0.15, -0.1) is 0 Å². The molecule has 21 heavy (non-hydrogen) atoms. The summed E-state index contributed by atoms with van der Waals surface area (Å²) in [6.07, 6.45) is 7.24. The Kier molecular flexibility index (Phi) is 3.57. The Morgan fingerprint density at radius 2 is 2.33 bits per heavy atom. The Labute approximate surface area is 127 Å². The van der Waals surface area contributed by atoms with Gasteiger partial charge in [0.05, 0.1) is 12.7 Å². The first-order valence-electron chi connectivity index (χ1n) is 6.66. The van der Waals surface area contributed by atoms with Crippen LogP contribution in [0.4, 0.5) is 0 Å². The standard InChI is InChI=1S/C14H15N5OS/c1-2-18-8-10(7-16-18)9-19-13(20)12(17-14(19)21)6-11-4-3-5-15-11/h3-8,15H,2,9H2,1H3,(H,17,21)/b12-6+. The van der Waals surface area contributed by atoms with Gasteiger partial charge in [-0.3, -0.25) is 14.4 Å². The van der Waals surface area contributed by atoms with Crippen molar-refractivity contribution in [3.05, 3.63) is 47.7 Å². The van der Waals surface area contributed by atoms with Crippen LogP contribution in [0.25, 0.3) is 6.08 Å². The molecule has 1 saturated heterocycles. The van der Waals surface area contributed by atoms with Crippen molar-refractivity contribution in [3.63, 3.8) is 0 Å². The van der Waals surface area contributed by atoms with Crippen LogP contribution in [0.2, 0.25) is 0 Å². The third-order valence-electron chi connectivity index (χ3n) is 3.24. The van der Waals surface area contributed by atoms with Crippen molar-refractivity contribution in [1.29, 1.82) is 0 Å². The van der Waals surface area contributed by atoms with E-state index in [4.69, 9.17) is 12.2 Å². The molecule has 0 atom stereocenters. The van der Waals surface area contributed by atoms with Gasteiger partial charge in [-0.05, 0) is 37.4 Å². The highest BCUT2D eigenvalue weighted by Gasteiger charge is 2.30. The van der Waals surface area contributed by atoms with E-state index in [9.17, 15) is 4.79 Å². The zero-order chi connectivity index (χ0) is 14.8. The summed E-state index contributed by atoms with van der Waals surface area (Å²) in [4.78, 5) is 17.0. The summed E-state index contributed by atoms with van der Waals surface area (Å²) in [5.74, 6) is -0.126. The fraction of sp³-hybridized carbons (Fsp3) is 0.214. The second-order valence-electron chi connectivity index (χ2n) is 4.71. The first-order chi connectivity index (χ1) is 10.2. The summed E-state index contributed by atoms with van der Waals surface area (Å²) in [6.45, 7) is 3.24. The predicted octanol–water partition coefficient (Wildman–Crippen LogP) is 1.49. The van der Waals surface area contributed by atoms with Gasteiger partial charge in [-0.1, -0.05) is 0 Å². The molecular formula is C14H15N5OS. The zero-order valence-electron chi connectivity index (χ0n) is 11.5. The Balaban J connectivity index is 1.77. The molecule has 7 heteroatoms. The molecule has 2 aromatic heterocycles. The molecule has 108 valence electrons. The Morgan fingerprint density at radius 3 is 3.00 bits per heavy atom. The number of carbonyl (C=O) groups excluding carboxylic acids is 1. The number of aryl methyl sites for hydroxylation is 1. The molecule has 0 radical (unpaired) electrons. The molecule has 6 nitrogen and oxygen atoms in total. The molecule has 0 bridgehead atoms. The van der Waals surface area contributed by atoms with Crippen LogP contribution >= 0.6 is 12.2 Å². The number of amides is 1. The van der Waals surface area contributed by atoms with E-state index >= 15 is 0 Å². The first kappa shape index (κ1) is 13.6. The second-order valence-corrected chi connectivity index (χ2v) is 5.10. The summed E-state index contributed by atoms with van der Waals surface area (Å²) < 4.78 is 1.82. The van der Waals surface area contributed by atoms with Crippen LogP contribution in [0.1, 0.15) is 18.2 Å². The van der Waals surface area contributed by atoms with E-state index in [1.54, 1.807) is 23.4 Å². The molecule has 0 spiro atoms. The summed E-state index contributed by atoms with van der Waals surface area (Å²) in [7, 11) is 0. The van der Waals surface area contributed by atoms with Crippen molar-refractivity contribution in [2.75, 3.05) is 0 Å². The van der Waals surface area contributed by atoms with Crippen molar-refractivity contribution in [3.8, 4) is 0 Å². The number of hydrogen-bond acceptors (Lipinski definition) is 3. The Bertz CT molecular complexity index is 701. The van der Waals surface area contributed by atoms with Crippen molar-refractivity contribution in [1.82, 2.24) is 25.0 Å². The number of rotatable bonds is 4. The number of hydrogen-bond donors (Lipinski definition) is 2. The summed E-state index contributed by atoms with van der Waals surface area (Å²) >= 11 is 5.24. The van der Waals surface area contributed by atoms with E-state index < -0.39 is 0 Å². The molecule has 0 saturated carbocycles. The van der Waals surface area contributed by atoms with E-state index in [-0.39, 0.29) is 5.91 Å². The summed E-state index contributed by atoms with van der Waals surface area (Å²) in [5.41, 5.74) is 2.29. The van der Waals surface area contributed by atoms with Gasteiger partial charge < -0.3 is 10.3 Å². The van der Waals surface area contributed by atoms with Crippen molar-refractivity contribution < 1.29 is 4.79 Å². The number of nitrogens with zero attached hydrogens (tertiary/aromatic N) is 3. The monoisotopic (exact) mass is 301 g/mol. The lowest BCUT2D eigenvalue weighted by molar-refractivity contribution is -0.122. The van der Waals surface area contributed by atoms with Crippen LogP contribution in [-0.2, 0) is 17.9 Å². The minimum absolute atomic E-state index is 0.126. The van der Waals surface area contributed by atoms with Crippen molar-refractivity contribution in [2.45, 2.75) is 20.0 Å². The number of nitrogens with one attached hydrogen (secondary N) is 2. The molecule has 2 aromatic rings. The highest BCUT2D eigenvalue weighted by atomic mass is 32.1. The largest absolute Gasteiger partial charge is 0.362 e. The fourth-order valence-corrected chi connectivity index (χ4v) is 2.41. The molecule has 1 aliphatic heterocycles. The molecular weight excluding hydrogens is 286 g/mol. The minimum Gasteiger partial charge on any atom is -0.362 e. The number of carbonyl (C=O) groups is 1. The van der Waals surface area contributed by atoms with Crippen LogP contribution in [0.3, 0.4) is 0 Å². The topological polar surface area (TPSA) is 66.0 Å². The number of aromatic nitrogens is 3. The van der Waals surface area contributed by atoms with E-state index in [0.717, 1.165) is 17.8 Å². The Morgan fingerprint density at radius 1 is 1.48 bits per heavy atom. The van der Waals surface area contributed by atoms with Crippen LogP contribution in [0, 0.1) is 0 Å². The fourth-order valence-electron chi connectivity index (χ4n) is 2.15. The predicted molar refractivity (Wildman–Crippen MR) is 83.0 cm³/mol. The maximum atomic E-state index is 12.4. The lowest BCUT2D eigenvalue weighted by Crippen LogP contribution is -2.29. The van der Waals surface area contributed by atoms with E-state index in [1.165, 1.54) is 0 Å². The number of H-pyrrole nitrogens is 1. The highest BCUT2D eigenvalue weighted by molar-refractivity contribution is 7.80. The molecule has 1 amide bonds. The number of thiocarbonyl (C=S) groups is 1. The minimum atomic E-state index is -0.126. The lowest BCUT2D eigenvalue weighted by atomic mass is 10.3. The molecule has 3 heterocycles. The maximum Gasteiger partial charge on any atom is 0.276 e. The van der Waals surface area contributed by atoms with Gasteiger partial charge in [0.15, 0.2) is 5.11 Å². The average molecular weight is 301 g/mol. The van der Waals surface area contributed by atoms with E-state index in [2.05, 4.69) is 15.4 Å². The van der Waals surface area contributed by atoms with Crippen LogP contribution in [0.5, 0.6) is 0 Å². The quantitative estimate of drug-likeness (QED) is 0.663. The molecule has 0 aliphatic carbocycles. The lowest BCUT2D eigenvalue weighted by Gasteiger charge is -2.12. The van der Waals surface area contributed by atoms with Crippen LogP contribution < -0.4 is 5.32 Å². The van der Waals surface area contributed by atoms with Gasteiger partial charge in [-0.25, -0.2) is 0 Å². The van der Waals surface area contributed by atoms with Crippen molar-refractivity contribution in [2.24, 2.45) is 0 Å². The molecule has 0 unspecified atom stereocenters. The normalized spacial score (nSPS) is 16.8. The van der Waals surface area contributed by atoms with Gasteiger partial charge >= 0.3 is 0 Å².